The van der Waals surface area contributed by atoms with Crippen molar-refractivity contribution in [3.8, 4) is 11.5 Å². The normalized spacial score (nSPS) is 18.9. The Kier molecular flexibility index (Phi) is 6.84. The average Bonchev–Trinajstić information content (AvgIpc) is 3.49. The standard InChI is InChI=1S/C23H30N6O4S/c1-26-4-8-29(9-5-26)23(31)25-22-24-18(15-34-22)13-21(30)28-10-6-27(7-11-28)14-17-2-3-19-20(12-17)33-16-32-19/h2-3,12,15H,4-11,13-14,16H2,1H3,(H,24,25,31). The third-order valence-electron chi connectivity index (χ3n) is 6.46. The number of nitrogens with zero attached hydrogens (tertiary/aromatic N) is 5. The zero-order chi connectivity index (χ0) is 23.5. The molecule has 0 unspecified atom stereocenters. The first-order chi connectivity index (χ1) is 16.5. The van der Waals surface area contributed by atoms with E-state index in [-0.39, 0.29) is 25.2 Å². The van der Waals surface area contributed by atoms with E-state index in [4.69, 9.17) is 9.47 Å². The molecule has 34 heavy (non-hydrogen) atoms. The SMILES string of the molecule is CN1CCN(C(=O)Nc2nc(CC(=O)N3CCN(Cc4ccc5c(c4)OCO5)CC3)cs2)CC1. The maximum Gasteiger partial charge on any atom is 0.323 e. The lowest BCUT2D eigenvalue weighted by atomic mass is 10.1. The molecule has 1 N–H and O–H groups in total. The molecule has 2 aromatic rings. The summed E-state index contributed by atoms with van der Waals surface area (Å²) in [5.41, 5.74) is 1.88. The van der Waals surface area contributed by atoms with Gasteiger partial charge in [-0.25, -0.2) is 9.78 Å². The van der Waals surface area contributed by atoms with Crippen LogP contribution in [0.25, 0.3) is 0 Å². The van der Waals surface area contributed by atoms with Gasteiger partial charge in [-0.15, -0.1) is 11.3 Å². The Morgan fingerprint density at radius 2 is 1.74 bits per heavy atom. The highest BCUT2D eigenvalue weighted by Gasteiger charge is 2.24. The quantitative estimate of drug-likeness (QED) is 0.686. The molecule has 182 valence electrons. The molecule has 2 saturated heterocycles. The fourth-order valence-electron chi connectivity index (χ4n) is 4.35. The monoisotopic (exact) mass is 486 g/mol. The van der Waals surface area contributed by atoms with E-state index in [0.717, 1.165) is 44.2 Å². The minimum absolute atomic E-state index is 0.0740. The van der Waals surface area contributed by atoms with E-state index in [1.54, 1.807) is 4.90 Å². The van der Waals surface area contributed by atoms with Crippen molar-refractivity contribution in [2.75, 3.05) is 71.5 Å². The number of anilines is 1. The highest BCUT2D eigenvalue weighted by molar-refractivity contribution is 7.13. The predicted octanol–water partition coefficient (Wildman–Crippen LogP) is 1.54. The summed E-state index contributed by atoms with van der Waals surface area (Å²) in [6, 6.07) is 5.92. The molecule has 1 aromatic heterocycles. The minimum Gasteiger partial charge on any atom is -0.454 e. The van der Waals surface area contributed by atoms with Crippen LogP contribution in [0, 0.1) is 0 Å². The van der Waals surface area contributed by atoms with Gasteiger partial charge in [0, 0.05) is 64.3 Å². The van der Waals surface area contributed by atoms with Crippen molar-refractivity contribution in [1.82, 2.24) is 24.6 Å². The van der Waals surface area contributed by atoms with Gasteiger partial charge < -0.3 is 24.2 Å². The maximum absolute atomic E-state index is 12.8. The summed E-state index contributed by atoms with van der Waals surface area (Å²) in [6.45, 7) is 7.29. The van der Waals surface area contributed by atoms with Crippen LogP contribution in [-0.2, 0) is 17.8 Å². The number of urea groups is 1. The number of ether oxygens (including phenoxy) is 2. The molecule has 0 atom stereocenters. The number of nitrogens with one attached hydrogen (secondary N) is 1. The van der Waals surface area contributed by atoms with Crippen LogP contribution in [-0.4, -0.2) is 103 Å². The molecule has 4 heterocycles. The zero-order valence-corrected chi connectivity index (χ0v) is 20.2. The van der Waals surface area contributed by atoms with Gasteiger partial charge >= 0.3 is 6.03 Å². The Morgan fingerprint density at radius 3 is 2.53 bits per heavy atom. The topological polar surface area (TPSA) is 90.5 Å². The summed E-state index contributed by atoms with van der Waals surface area (Å²) < 4.78 is 10.8. The molecule has 0 aliphatic carbocycles. The number of piperazine rings is 2. The van der Waals surface area contributed by atoms with Crippen molar-refractivity contribution in [1.29, 1.82) is 0 Å². The number of hydrogen-bond acceptors (Lipinski definition) is 8. The molecule has 3 aliphatic rings. The third-order valence-corrected chi connectivity index (χ3v) is 7.26. The van der Waals surface area contributed by atoms with Gasteiger partial charge in [-0.3, -0.25) is 15.0 Å². The second kappa shape index (κ2) is 10.2. The lowest BCUT2D eigenvalue weighted by molar-refractivity contribution is -0.132. The second-order valence-corrected chi connectivity index (χ2v) is 9.74. The van der Waals surface area contributed by atoms with Crippen LogP contribution in [0.1, 0.15) is 11.3 Å². The Morgan fingerprint density at radius 1 is 1.00 bits per heavy atom. The van der Waals surface area contributed by atoms with Crippen molar-refractivity contribution >= 4 is 28.4 Å². The Labute approximate surface area is 203 Å². The molecule has 0 spiro atoms. The molecule has 3 aliphatic heterocycles. The van der Waals surface area contributed by atoms with Crippen molar-refractivity contribution < 1.29 is 19.1 Å². The number of carbonyl (C=O) groups is 2. The van der Waals surface area contributed by atoms with E-state index in [9.17, 15) is 9.59 Å². The van der Waals surface area contributed by atoms with E-state index in [1.165, 1.54) is 16.9 Å². The number of rotatable bonds is 5. The molecule has 10 nitrogen and oxygen atoms in total. The highest BCUT2D eigenvalue weighted by atomic mass is 32.1. The van der Waals surface area contributed by atoms with Crippen LogP contribution in [0.4, 0.5) is 9.93 Å². The summed E-state index contributed by atoms with van der Waals surface area (Å²) in [6.07, 6.45) is 0.253. The highest BCUT2D eigenvalue weighted by Crippen LogP contribution is 2.32. The van der Waals surface area contributed by atoms with Gasteiger partial charge in [0.1, 0.15) is 0 Å². The number of carbonyl (C=O) groups excluding carboxylic acids is 2. The molecule has 3 amide bonds. The van der Waals surface area contributed by atoms with Crippen LogP contribution in [0.15, 0.2) is 23.6 Å². The number of thiazole rings is 1. The zero-order valence-electron chi connectivity index (χ0n) is 19.4. The van der Waals surface area contributed by atoms with Gasteiger partial charge in [-0.05, 0) is 24.7 Å². The van der Waals surface area contributed by atoms with Crippen LogP contribution >= 0.6 is 11.3 Å². The van der Waals surface area contributed by atoms with Crippen LogP contribution in [0.3, 0.4) is 0 Å². The summed E-state index contributed by atoms with van der Waals surface area (Å²) in [5, 5.41) is 5.27. The molecular weight excluding hydrogens is 456 g/mol. The Bertz CT molecular complexity index is 1030. The van der Waals surface area contributed by atoms with Crippen molar-refractivity contribution in [2.24, 2.45) is 0 Å². The lowest BCUT2D eigenvalue weighted by Crippen LogP contribution is -2.48. The van der Waals surface area contributed by atoms with Gasteiger partial charge in [0.2, 0.25) is 12.7 Å². The van der Waals surface area contributed by atoms with Crippen LogP contribution in [0.2, 0.25) is 0 Å². The molecule has 5 rings (SSSR count). The first-order valence-electron chi connectivity index (χ1n) is 11.6. The predicted molar refractivity (Wildman–Crippen MR) is 128 cm³/mol. The number of fused-ring (bicyclic) bond motifs is 1. The molecule has 0 radical (unpaired) electrons. The van der Waals surface area contributed by atoms with Crippen molar-refractivity contribution in [3.05, 3.63) is 34.8 Å². The molecule has 2 fully saturated rings. The number of amides is 3. The third kappa shape index (κ3) is 5.43. The van der Waals surface area contributed by atoms with E-state index in [0.29, 0.717) is 37.0 Å². The van der Waals surface area contributed by atoms with E-state index in [2.05, 4.69) is 33.2 Å². The molecule has 0 saturated carbocycles. The van der Waals surface area contributed by atoms with Gasteiger partial charge in [-0.2, -0.15) is 0 Å². The van der Waals surface area contributed by atoms with Gasteiger partial charge in [0.25, 0.3) is 0 Å². The van der Waals surface area contributed by atoms with Gasteiger partial charge in [0.05, 0.1) is 12.1 Å². The summed E-state index contributed by atoms with van der Waals surface area (Å²) >= 11 is 1.36. The summed E-state index contributed by atoms with van der Waals surface area (Å²) in [4.78, 5) is 38.0. The minimum atomic E-state index is -0.126. The Balaban J connectivity index is 1.06. The fraction of sp³-hybridized carbons (Fsp3) is 0.522. The summed E-state index contributed by atoms with van der Waals surface area (Å²) in [7, 11) is 2.05. The summed E-state index contributed by atoms with van der Waals surface area (Å²) in [5.74, 6) is 1.67. The Hall–Kier alpha value is -2.89. The number of hydrogen-bond donors (Lipinski definition) is 1. The molecular formula is C23H30N6O4S. The van der Waals surface area contributed by atoms with Crippen molar-refractivity contribution in [3.63, 3.8) is 0 Å². The second-order valence-electron chi connectivity index (χ2n) is 8.89. The molecule has 0 bridgehead atoms. The smallest absolute Gasteiger partial charge is 0.323 e. The van der Waals surface area contributed by atoms with Crippen LogP contribution < -0.4 is 14.8 Å². The maximum atomic E-state index is 12.8. The number of likely N-dealkylation sites (N-methyl/N-ethyl adjacent to an activating group) is 1. The largest absolute Gasteiger partial charge is 0.454 e. The number of aromatic nitrogens is 1. The van der Waals surface area contributed by atoms with Gasteiger partial charge in [0.15, 0.2) is 16.6 Å². The van der Waals surface area contributed by atoms with E-state index >= 15 is 0 Å². The van der Waals surface area contributed by atoms with Crippen molar-refractivity contribution in [2.45, 2.75) is 13.0 Å². The molecule has 1 aromatic carbocycles. The van der Waals surface area contributed by atoms with E-state index in [1.807, 2.05) is 22.4 Å². The lowest BCUT2D eigenvalue weighted by Gasteiger charge is -2.34. The fourth-order valence-corrected chi connectivity index (χ4v) is 5.05. The first-order valence-corrected chi connectivity index (χ1v) is 12.5. The first kappa shape index (κ1) is 22.9. The number of benzene rings is 1. The van der Waals surface area contributed by atoms with Gasteiger partial charge in [-0.1, -0.05) is 6.07 Å². The van der Waals surface area contributed by atoms with E-state index < -0.39 is 0 Å². The average molecular weight is 487 g/mol. The van der Waals surface area contributed by atoms with Crippen LogP contribution in [0.5, 0.6) is 11.5 Å². The molecule has 11 heteroatoms.